The Hall–Kier alpha value is -1.46. The van der Waals surface area contributed by atoms with Gasteiger partial charge < -0.3 is 5.73 Å². The topological polar surface area (TPSA) is 92.8 Å². The molecule has 0 amide bonds. The molecule has 6 heteroatoms. The number of rotatable bonds is 1. The molecule has 6 nitrogen and oxygen atoms in total. The largest absolute Gasteiger partial charge is 0.387 e. The maximum Gasteiger partial charge on any atom is 0.290 e. The lowest BCUT2D eigenvalue weighted by atomic mass is 10.7. The number of aromatic nitrogens is 4. The van der Waals surface area contributed by atoms with Crippen LogP contribution in [0.25, 0.3) is 0 Å². The molecule has 0 spiro atoms. The van der Waals surface area contributed by atoms with Crippen molar-refractivity contribution in [3.05, 3.63) is 0 Å². The normalized spacial score (nSPS) is 11.9. The summed E-state index contributed by atoms with van der Waals surface area (Å²) < 4.78 is 0. The summed E-state index contributed by atoms with van der Waals surface area (Å²) in [6.07, 6.45) is 0. The summed E-state index contributed by atoms with van der Waals surface area (Å²) in [5, 5.41) is 12.6. The van der Waals surface area contributed by atoms with Gasteiger partial charge in [-0.3, -0.25) is 0 Å². The zero-order chi connectivity index (χ0) is 6.69. The van der Waals surface area contributed by atoms with Crippen LogP contribution < -0.4 is 5.73 Å². The number of hydrogen-bond donors (Lipinski definition) is 2. The Balaban J connectivity index is 2.80. The van der Waals surface area contributed by atoms with Crippen LogP contribution in [0.5, 0.6) is 0 Å². The van der Waals surface area contributed by atoms with Crippen LogP contribution in [0, 0.1) is 0 Å². The second-order valence-corrected chi connectivity index (χ2v) is 1.46. The highest BCUT2D eigenvalue weighted by molar-refractivity contribution is 5.79. The average molecular weight is 126 g/mol. The van der Waals surface area contributed by atoms with E-state index >= 15 is 0 Å². The van der Waals surface area contributed by atoms with E-state index in [-0.39, 0.29) is 5.95 Å². The summed E-state index contributed by atoms with van der Waals surface area (Å²) in [5.74, 6) is 0.673. The Labute approximate surface area is 51.2 Å². The van der Waals surface area contributed by atoms with Crippen molar-refractivity contribution >= 4 is 11.8 Å². The molecule has 1 aromatic rings. The SMILES string of the molecule is C/C(N)=N/c1nn[nH]n1. The smallest absolute Gasteiger partial charge is 0.290 e. The van der Waals surface area contributed by atoms with Gasteiger partial charge in [-0.05, 0) is 12.1 Å². The predicted octanol–water partition coefficient (Wildman–Crippen LogP) is -0.792. The number of nitrogens with zero attached hydrogens (tertiary/aromatic N) is 4. The first kappa shape index (κ1) is 5.67. The van der Waals surface area contributed by atoms with Gasteiger partial charge in [0.25, 0.3) is 5.95 Å². The molecule has 48 valence electrons. The lowest BCUT2D eigenvalue weighted by Crippen LogP contribution is -2.03. The van der Waals surface area contributed by atoms with Crippen LogP contribution in [0.1, 0.15) is 6.92 Å². The monoisotopic (exact) mass is 126 g/mol. The van der Waals surface area contributed by atoms with Gasteiger partial charge in [0.15, 0.2) is 0 Å². The minimum Gasteiger partial charge on any atom is -0.387 e. The van der Waals surface area contributed by atoms with E-state index in [2.05, 4.69) is 25.6 Å². The first-order valence-electron chi connectivity index (χ1n) is 2.33. The maximum atomic E-state index is 5.21. The summed E-state index contributed by atoms with van der Waals surface area (Å²) in [6.45, 7) is 1.65. The molecule has 0 atom stereocenters. The minimum atomic E-state index is 0.259. The highest BCUT2D eigenvalue weighted by atomic mass is 15.5. The van der Waals surface area contributed by atoms with Crippen molar-refractivity contribution in [1.82, 2.24) is 20.6 Å². The van der Waals surface area contributed by atoms with E-state index in [1.165, 1.54) is 0 Å². The molecular weight excluding hydrogens is 120 g/mol. The molecule has 0 aliphatic heterocycles. The fraction of sp³-hybridized carbons (Fsp3) is 0.333. The number of amidine groups is 1. The average Bonchev–Trinajstić information content (AvgIpc) is 2.15. The van der Waals surface area contributed by atoms with Crippen molar-refractivity contribution in [2.24, 2.45) is 10.7 Å². The molecule has 0 bridgehead atoms. The summed E-state index contributed by atoms with van der Waals surface area (Å²) in [7, 11) is 0. The molecule has 1 aromatic heterocycles. The van der Waals surface area contributed by atoms with E-state index in [1.54, 1.807) is 6.92 Å². The minimum absolute atomic E-state index is 0.259. The van der Waals surface area contributed by atoms with Crippen LogP contribution in [-0.2, 0) is 0 Å². The van der Waals surface area contributed by atoms with E-state index in [0.717, 1.165) is 0 Å². The molecule has 0 aromatic carbocycles. The molecule has 0 aliphatic carbocycles. The summed E-state index contributed by atoms with van der Waals surface area (Å²) >= 11 is 0. The second-order valence-electron chi connectivity index (χ2n) is 1.46. The Morgan fingerprint density at radius 2 is 2.56 bits per heavy atom. The van der Waals surface area contributed by atoms with Crippen molar-refractivity contribution in [3.63, 3.8) is 0 Å². The number of nitrogens with two attached hydrogens (primary N) is 1. The number of nitrogens with one attached hydrogen (secondary N) is 1. The van der Waals surface area contributed by atoms with Crippen LogP contribution in [0.3, 0.4) is 0 Å². The molecule has 3 N–H and O–H groups in total. The lowest BCUT2D eigenvalue weighted by Gasteiger charge is -1.81. The van der Waals surface area contributed by atoms with Gasteiger partial charge in [-0.25, -0.2) is 0 Å². The van der Waals surface area contributed by atoms with Gasteiger partial charge in [0, 0.05) is 0 Å². The Kier molecular flexibility index (Phi) is 1.39. The van der Waals surface area contributed by atoms with E-state index < -0.39 is 0 Å². The first-order chi connectivity index (χ1) is 4.29. The van der Waals surface area contributed by atoms with Crippen molar-refractivity contribution in [2.45, 2.75) is 6.92 Å². The van der Waals surface area contributed by atoms with Crippen LogP contribution in [-0.4, -0.2) is 26.5 Å². The number of aliphatic imine (C=N–C) groups is 1. The molecule has 1 heterocycles. The number of H-pyrrole nitrogens is 1. The third-order valence-electron chi connectivity index (χ3n) is 0.611. The van der Waals surface area contributed by atoms with E-state index in [4.69, 9.17) is 5.73 Å². The fourth-order valence-electron chi connectivity index (χ4n) is 0.362. The third kappa shape index (κ3) is 1.48. The molecule has 0 aliphatic rings. The van der Waals surface area contributed by atoms with Gasteiger partial charge in [-0.1, -0.05) is 5.10 Å². The van der Waals surface area contributed by atoms with Crippen LogP contribution >= 0.6 is 0 Å². The van der Waals surface area contributed by atoms with Crippen molar-refractivity contribution in [3.8, 4) is 0 Å². The summed E-state index contributed by atoms with van der Waals surface area (Å²) in [5.41, 5.74) is 5.21. The van der Waals surface area contributed by atoms with Crippen molar-refractivity contribution < 1.29 is 0 Å². The van der Waals surface area contributed by atoms with Gasteiger partial charge in [0.2, 0.25) is 0 Å². The molecule has 0 saturated carbocycles. The van der Waals surface area contributed by atoms with E-state index in [1.807, 2.05) is 0 Å². The van der Waals surface area contributed by atoms with Crippen molar-refractivity contribution in [1.29, 1.82) is 0 Å². The van der Waals surface area contributed by atoms with Gasteiger partial charge in [-0.15, -0.1) is 5.10 Å². The van der Waals surface area contributed by atoms with Gasteiger partial charge in [0.05, 0.1) is 0 Å². The zero-order valence-corrected chi connectivity index (χ0v) is 4.87. The van der Waals surface area contributed by atoms with Gasteiger partial charge in [-0.2, -0.15) is 10.2 Å². The second kappa shape index (κ2) is 2.21. The number of tetrazole rings is 1. The maximum absolute atomic E-state index is 5.21. The molecule has 1 rings (SSSR count). The fourth-order valence-corrected chi connectivity index (χ4v) is 0.362. The quantitative estimate of drug-likeness (QED) is 0.381. The lowest BCUT2D eigenvalue weighted by molar-refractivity contribution is 0.881. The number of hydrogen-bond acceptors (Lipinski definition) is 4. The Morgan fingerprint density at radius 3 is 3.00 bits per heavy atom. The predicted molar refractivity (Wildman–Crippen MR) is 31.1 cm³/mol. The van der Waals surface area contributed by atoms with Crippen molar-refractivity contribution in [2.75, 3.05) is 0 Å². The highest BCUT2D eigenvalue weighted by Gasteiger charge is 1.90. The molecule has 0 saturated heterocycles. The third-order valence-corrected chi connectivity index (χ3v) is 0.611. The molecular formula is C3H6N6. The van der Waals surface area contributed by atoms with Gasteiger partial charge in [0.1, 0.15) is 5.84 Å². The standard InChI is InChI=1S/C3H6N6/c1-2(4)5-3-6-8-9-7-3/h1H3,(H3,4,5,6,7,8,9). The Morgan fingerprint density at radius 1 is 1.78 bits per heavy atom. The van der Waals surface area contributed by atoms with Gasteiger partial charge >= 0.3 is 0 Å². The highest BCUT2D eigenvalue weighted by Crippen LogP contribution is 1.94. The first-order valence-corrected chi connectivity index (χ1v) is 2.33. The van der Waals surface area contributed by atoms with E-state index in [9.17, 15) is 0 Å². The van der Waals surface area contributed by atoms with Crippen LogP contribution in [0.15, 0.2) is 4.99 Å². The molecule has 9 heavy (non-hydrogen) atoms. The molecule has 0 fully saturated rings. The summed E-state index contributed by atoms with van der Waals surface area (Å²) in [6, 6.07) is 0. The van der Waals surface area contributed by atoms with Crippen LogP contribution in [0.2, 0.25) is 0 Å². The summed E-state index contributed by atoms with van der Waals surface area (Å²) in [4.78, 5) is 3.70. The molecule has 0 unspecified atom stereocenters. The number of aromatic amines is 1. The van der Waals surface area contributed by atoms with E-state index in [0.29, 0.717) is 5.84 Å². The Bertz CT molecular complexity index is 194. The zero-order valence-electron chi connectivity index (χ0n) is 4.87. The molecule has 0 radical (unpaired) electrons. The van der Waals surface area contributed by atoms with Crippen LogP contribution in [0.4, 0.5) is 5.95 Å².